The summed E-state index contributed by atoms with van der Waals surface area (Å²) in [5.41, 5.74) is 4.31. The molecule has 30 heavy (non-hydrogen) atoms. The Kier molecular flexibility index (Phi) is 5.34. The fourth-order valence-corrected chi connectivity index (χ4v) is 3.16. The van der Waals surface area contributed by atoms with E-state index in [0.29, 0.717) is 17.8 Å². The number of hydrogen-bond acceptors (Lipinski definition) is 4. The highest BCUT2D eigenvalue weighted by atomic mass is 16.4. The minimum absolute atomic E-state index is 0.173. The number of benzene rings is 2. The number of carbonyl (C=O) groups is 1. The molecule has 0 unspecified atom stereocenters. The van der Waals surface area contributed by atoms with Crippen LogP contribution in [0.4, 0.5) is 10.5 Å². The number of aromatic nitrogens is 3. The average Bonchev–Trinajstić information content (AvgIpc) is 2.76. The summed E-state index contributed by atoms with van der Waals surface area (Å²) in [6, 6.07) is 20.1. The number of rotatable bonds is 5. The van der Waals surface area contributed by atoms with Crippen LogP contribution in [0.5, 0.6) is 0 Å². The summed E-state index contributed by atoms with van der Waals surface area (Å²) in [4.78, 5) is 27.3. The summed E-state index contributed by atoms with van der Waals surface area (Å²) in [5.74, 6) is 0. The highest BCUT2D eigenvalue weighted by molar-refractivity contribution is 5.82. The van der Waals surface area contributed by atoms with Crippen molar-refractivity contribution >= 4 is 11.8 Å². The van der Waals surface area contributed by atoms with E-state index in [1.165, 1.54) is 6.07 Å². The van der Waals surface area contributed by atoms with Gasteiger partial charge in [0.1, 0.15) is 5.69 Å². The van der Waals surface area contributed by atoms with Gasteiger partial charge in [-0.25, -0.2) is 9.48 Å². The summed E-state index contributed by atoms with van der Waals surface area (Å²) in [6.45, 7) is 0. The van der Waals surface area contributed by atoms with E-state index >= 15 is 0 Å². The van der Waals surface area contributed by atoms with Crippen molar-refractivity contribution in [2.24, 2.45) is 0 Å². The zero-order chi connectivity index (χ0) is 20.9. The number of amides is 1. The maximum atomic E-state index is 12.4. The van der Waals surface area contributed by atoms with E-state index in [2.05, 4.69) is 15.4 Å². The average molecular weight is 398 g/mol. The molecule has 148 valence electrons. The maximum absolute atomic E-state index is 12.4. The van der Waals surface area contributed by atoms with E-state index in [1.807, 2.05) is 42.5 Å². The lowest BCUT2D eigenvalue weighted by molar-refractivity contribution is 0.210. The number of nitrogens with one attached hydrogen (secondary N) is 1. The molecule has 0 radical (unpaired) electrons. The van der Waals surface area contributed by atoms with E-state index in [0.717, 1.165) is 22.4 Å². The van der Waals surface area contributed by atoms with Gasteiger partial charge >= 0.3 is 6.09 Å². The normalized spacial score (nSPS) is 10.5. The number of carboxylic acid groups (broad SMARTS) is 1. The van der Waals surface area contributed by atoms with Crippen LogP contribution in [-0.2, 0) is 6.42 Å². The Morgan fingerprint density at radius 2 is 1.77 bits per heavy atom. The first-order valence-electron chi connectivity index (χ1n) is 9.27. The third kappa shape index (κ3) is 4.41. The molecule has 0 atom stereocenters. The van der Waals surface area contributed by atoms with Crippen molar-refractivity contribution in [2.45, 2.75) is 6.42 Å². The molecule has 0 fully saturated rings. The van der Waals surface area contributed by atoms with Gasteiger partial charge in [0.15, 0.2) is 0 Å². The van der Waals surface area contributed by atoms with E-state index in [9.17, 15) is 9.59 Å². The lowest BCUT2D eigenvalue weighted by Crippen LogP contribution is -2.16. The Balaban J connectivity index is 1.65. The predicted octanol–water partition coefficient (Wildman–Crippen LogP) is 3.98. The number of nitrogens with zero attached hydrogens (tertiary/aromatic N) is 3. The Labute approximate surface area is 172 Å². The number of anilines is 1. The molecular weight excluding hydrogens is 380 g/mol. The van der Waals surface area contributed by atoms with Crippen LogP contribution in [0.25, 0.3) is 16.8 Å². The lowest BCUT2D eigenvalue weighted by atomic mass is 10.1. The van der Waals surface area contributed by atoms with Crippen molar-refractivity contribution in [1.82, 2.24) is 14.8 Å². The molecule has 7 nitrogen and oxygen atoms in total. The molecule has 2 N–H and O–H groups in total. The monoisotopic (exact) mass is 398 g/mol. The molecule has 0 aliphatic heterocycles. The van der Waals surface area contributed by atoms with Crippen LogP contribution >= 0.6 is 0 Å². The van der Waals surface area contributed by atoms with Crippen LogP contribution in [0.15, 0.2) is 90.1 Å². The molecule has 4 aromatic rings. The molecule has 2 heterocycles. The Morgan fingerprint density at radius 3 is 2.57 bits per heavy atom. The van der Waals surface area contributed by atoms with Gasteiger partial charge in [-0.1, -0.05) is 24.3 Å². The molecule has 0 spiro atoms. The Morgan fingerprint density at radius 1 is 0.967 bits per heavy atom. The second kappa shape index (κ2) is 8.40. The quantitative estimate of drug-likeness (QED) is 0.530. The molecule has 7 heteroatoms. The first-order chi connectivity index (χ1) is 14.6. The van der Waals surface area contributed by atoms with Gasteiger partial charge in [0, 0.05) is 36.8 Å². The van der Waals surface area contributed by atoms with Crippen molar-refractivity contribution in [3.8, 4) is 16.8 Å². The van der Waals surface area contributed by atoms with Crippen LogP contribution in [0, 0.1) is 0 Å². The van der Waals surface area contributed by atoms with Crippen LogP contribution in [0.3, 0.4) is 0 Å². The van der Waals surface area contributed by atoms with Gasteiger partial charge in [0.2, 0.25) is 5.43 Å². The summed E-state index contributed by atoms with van der Waals surface area (Å²) in [5, 5.41) is 15.7. The van der Waals surface area contributed by atoms with Crippen LogP contribution < -0.4 is 10.7 Å². The second-order valence-electron chi connectivity index (χ2n) is 6.66. The summed E-state index contributed by atoms with van der Waals surface area (Å²) in [7, 11) is 0. The zero-order valence-corrected chi connectivity index (χ0v) is 15.9. The van der Waals surface area contributed by atoms with Crippen molar-refractivity contribution in [2.75, 3.05) is 5.32 Å². The van der Waals surface area contributed by atoms with Gasteiger partial charge in [0.05, 0.1) is 5.69 Å². The topological polar surface area (TPSA) is 97.1 Å². The van der Waals surface area contributed by atoms with Gasteiger partial charge in [-0.15, -0.1) is 0 Å². The summed E-state index contributed by atoms with van der Waals surface area (Å²) in [6.07, 6.45) is 4.27. The first-order valence-corrected chi connectivity index (χ1v) is 9.27. The molecular formula is C23H18N4O3. The molecule has 0 saturated heterocycles. The predicted molar refractivity (Wildman–Crippen MR) is 114 cm³/mol. The van der Waals surface area contributed by atoms with Gasteiger partial charge in [-0.05, 0) is 53.1 Å². The van der Waals surface area contributed by atoms with E-state index in [1.54, 1.807) is 41.5 Å². The largest absolute Gasteiger partial charge is 0.465 e. The fraction of sp³-hybridized carbons (Fsp3) is 0.0435. The molecule has 0 saturated carbocycles. The standard InChI is InChI=1S/C23H18N4O3/c28-22-9-12-27(20-6-2-4-18(15-20)17-7-10-24-11-8-17)26-21(22)14-16-3-1-5-19(13-16)25-23(29)30/h1-13,15,25H,14H2,(H,29,30). The highest BCUT2D eigenvalue weighted by Crippen LogP contribution is 2.21. The fourth-order valence-electron chi connectivity index (χ4n) is 3.16. The van der Waals surface area contributed by atoms with Crippen LogP contribution in [0.1, 0.15) is 11.3 Å². The molecule has 4 rings (SSSR count). The highest BCUT2D eigenvalue weighted by Gasteiger charge is 2.08. The Hall–Kier alpha value is -4.26. The third-order valence-electron chi connectivity index (χ3n) is 4.55. The SMILES string of the molecule is O=C(O)Nc1cccc(Cc2nn(-c3cccc(-c4ccncc4)c3)ccc2=O)c1. The van der Waals surface area contributed by atoms with Crippen molar-refractivity contribution in [3.63, 3.8) is 0 Å². The Bertz CT molecular complexity index is 1250. The number of pyridine rings is 1. The third-order valence-corrected chi connectivity index (χ3v) is 4.55. The van der Waals surface area contributed by atoms with Crippen LogP contribution in [-0.4, -0.2) is 26.0 Å². The minimum Gasteiger partial charge on any atom is -0.465 e. The summed E-state index contributed by atoms with van der Waals surface area (Å²) < 4.78 is 1.67. The van der Waals surface area contributed by atoms with Gasteiger partial charge in [-0.2, -0.15) is 5.10 Å². The van der Waals surface area contributed by atoms with E-state index in [-0.39, 0.29) is 5.43 Å². The molecule has 2 aromatic carbocycles. The van der Waals surface area contributed by atoms with E-state index in [4.69, 9.17) is 5.11 Å². The van der Waals surface area contributed by atoms with Gasteiger partial charge in [0.25, 0.3) is 0 Å². The van der Waals surface area contributed by atoms with Gasteiger partial charge in [-0.3, -0.25) is 15.1 Å². The second-order valence-corrected chi connectivity index (χ2v) is 6.66. The molecule has 0 aliphatic carbocycles. The maximum Gasteiger partial charge on any atom is 0.409 e. The summed E-state index contributed by atoms with van der Waals surface area (Å²) >= 11 is 0. The van der Waals surface area contributed by atoms with Crippen LogP contribution in [0.2, 0.25) is 0 Å². The van der Waals surface area contributed by atoms with Crippen molar-refractivity contribution < 1.29 is 9.90 Å². The molecule has 0 aliphatic rings. The lowest BCUT2D eigenvalue weighted by Gasteiger charge is -2.10. The zero-order valence-electron chi connectivity index (χ0n) is 15.9. The molecule has 0 bridgehead atoms. The smallest absolute Gasteiger partial charge is 0.409 e. The number of hydrogen-bond donors (Lipinski definition) is 2. The molecule has 1 amide bonds. The van der Waals surface area contributed by atoms with Crippen molar-refractivity contribution in [3.05, 3.63) is 107 Å². The first kappa shape index (κ1) is 19.1. The van der Waals surface area contributed by atoms with E-state index < -0.39 is 6.09 Å². The minimum atomic E-state index is -1.14. The van der Waals surface area contributed by atoms with Gasteiger partial charge < -0.3 is 5.11 Å². The molecule has 2 aromatic heterocycles. The van der Waals surface area contributed by atoms with Crippen molar-refractivity contribution in [1.29, 1.82) is 0 Å².